The molecular weight excluding hydrogens is 558 g/mol. The maximum atomic E-state index is 14.2. The van der Waals surface area contributed by atoms with E-state index < -0.39 is 41.8 Å². The second kappa shape index (κ2) is 15.7. The summed E-state index contributed by atoms with van der Waals surface area (Å²) in [6, 6.07) is 14.2. The number of urea groups is 1. The van der Waals surface area contributed by atoms with Crippen molar-refractivity contribution in [3.05, 3.63) is 96.6 Å². The lowest BCUT2D eigenvalue weighted by Crippen LogP contribution is -2.58. The highest BCUT2D eigenvalue weighted by atomic mass is 16.2. The number of Topliss-reactive ketones (excluding diaryl/α,β-unsaturated/α-hetero) is 1. The molecule has 5 amide bonds. The minimum absolute atomic E-state index is 0.121. The quantitative estimate of drug-likeness (QED) is 0.196. The van der Waals surface area contributed by atoms with E-state index in [9.17, 15) is 24.0 Å². The Morgan fingerprint density at radius 2 is 1.57 bits per heavy atom. The summed E-state index contributed by atoms with van der Waals surface area (Å²) in [7, 11) is 0. The number of benzene rings is 2. The van der Waals surface area contributed by atoms with Gasteiger partial charge < -0.3 is 26.2 Å². The number of ketones is 1. The van der Waals surface area contributed by atoms with Crippen molar-refractivity contribution in [2.24, 2.45) is 5.92 Å². The van der Waals surface area contributed by atoms with Crippen LogP contribution in [0.4, 0.5) is 4.79 Å². The highest BCUT2D eigenvalue weighted by molar-refractivity contribution is 6.38. The summed E-state index contributed by atoms with van der Waals surface area (Å²) in [6.45, 7) is 7.96. The van der Waals surface area contributed by atoms with Crippen molar-refractivity contribution >= 4 is 29.5 Å². The number of rotatable bonds is 14. The molecule has 2 aliphatic rings. The largest absolute Gasteiger partial charge is 0.346 e. The van der Waals surface area contributed by atoms with Crippen LogP contribution in [0.3, 0.4) is 0 Å². The smallest absolute Gasteiger partial charge is 0.315 e. The topological polar surface area (TPSA) is 137 Å². The average molecular weight is 600 g/mol. The predicted molar refractivity (Wildman–Crippen MR) is 167 cm³/mol. The summed E-state index contributed by atoms with van der Waals surface area (Å²) in [5.41, 5.74) is 3.19. The van der Waals surface area contributed by atoms with Crippen LogP contribution in [0.1, 0.15) is 42.4 Å². The molecule has 4 N–H and O–H groups in total. The van der Waals surface area contributed by atoms with Crippen molar-refractivity contribution in [3.63, 3.8) is 0 Å². The van der Waals surface area contributed by atoms with Crippen molar-refractivity contribution in [1.29, 1.82) is 0 Å². The normalized spacial score (nSPS) is 17.1. The molecule has 1 heterocycles. The zero-order valence-corrected chi connectivity index (χ0v) is 24.9. The van der Waals surface area contributed by atoms with E-state index >= 15 is 0 Å². The summed E-state index contributed by atoms with van der Waals surface area (Å²) >= 11 is 0. The van der Waals surface area contributed by atoms with Gasteiger partial charge in [-0.1, -0.05) is 66.7 Å². The van der Waals surface area contributed by atoms with E-state index in [4.69, 9.17) is 0 Å². The number of hydrogen-bond acceptors (Lipinski definition) is 5. The van der Waals surface area contributed by atoms with Gasteiger partial charge in [0.05, 0.1) is 6.04 Å². The molecule has 1 fully saturated rings. The van der Waals surface area contributed by atoms with Crippen molar-refractivity contribution in [2.45, 2.75) is 63.2 Å². The first-order chi connectivity index (χ1) is 21.3. The molecule has 4 rings (SSSR count). The molecule has 10 heteroatoms. The van der Waals surface area contributed by atoms with Gasteiger partial charge in [0.1, 0.15) is 12.1 Å². The van der Waals surface area contributed by atoms with Crippen LogP contribution in [-0.4, -0.2) is 65.7 Å². The molecular formula is C34H41N5O5. The Balaban J connectivity index is 1.49. The highest BCUT2D eigenvalue weighted by Gasteiger charge is 2.42. The van der Waals surface area contributed by atoms with Crippen molar-refractivity contribution in [1.82, 2.24) is 26.2 Å². The summed E-state index contributed by atoms with van der Waals surface area (Å²) in [6.07, 6.45) is 5.90. The minimum Gasteiger partial charge on any atom is -0.346 e. The first-order valence-corrected chi connectivity index (χ1v) is 15.1. The Morgan fingerprint density at radius 1 is 0.886 bits per heavy atom. The van der Waals surface area contributed by atoms with Gasteiger partial charge in [-0.2, -0.15) is 0 Å². The van der Waals surface area contributed by atoms with Crippen LogP contribution in [0, 0.1) is 5.92 Å². The van der Waals surface area contributed by atoms with Crippen LogP contribution in [0.2, 0.25) is 0 Å². The second-order valence-corrected chi connectivity index (χ2v) is 11.2. The molecule has 44 heavy (non-hydrogen) atoms. The fourth-order valence-electron chi connectivity index (χ4n) is 5.89. The van der Waals surface area contributed by atoms with E-state index in [0.717, 1.165) is 16.7 Å². The number of amides is 5. The monoisotopic (exact) mass is 599 g/mol. The van der Waals surface area contributed by atoms with Crippen LogP contribution in [-0.2, 0) is 38.6 Å². The third-order valence-electron chi connectivity index (χ3n) is 8.16. The first-order valence-electron chi connectivity index (χ1n) is 15.1. The lowest BCUT2D eigenvalue weighted by molar-refractivity contribution is -0.143. The van der Waals surface area contributed by atoms with E-state index in [-0.39, 0.29) is 24.8 Å². The molecule has 10 nitrogen and oxygen atoms in total. The fraction of sp³-hybridized carbons (Fsp3) is 0.382. The molecule has 1 aliphatic carbocycles. The molecule has 1 unspecified atom stereocenters. The van der Waals surface area contributed by atoms with Gasteiger partial charge in [0.15, 0.2) is 0 Å². The van der Waals surface area contributed by atoms with E-state index in [2.05, 4.69) is 34.4 Å². The summed E-state index contributed by atoms with van der Waals surface area (Å²) in [5, 5.41) is 10.9. The number of carbonyl (C=O) groups excluding carboxylic acids is 5. The molecule has 0 radical (unpaired) electrons. The SMILES string of the molecule is C=CCCC(NC(=O)[C@@H]1CCCN1C(=O)[C@@H](NC(=O)NCc1ccccc1)C1Cc2ccccc2C1)C(=O)C(=O)NCC=C. The molecule has 0 saturated carbocycles. The number of likely N-dealkylation sites (tertiary alicyclic amines) is 1. The number of fused-ring (bicyclic) bond motifs is 1. The van der Waals surface area contributed by atoms with E-state index in [1.54, 1.807) is 6.08 Å². The molecule has 2 aromatic rings. The molecule has 0 bridgehead atoms. The first kappa shape index (κ1) is 32.2. The van der Waals surface area contributed by atoms with Gasteiger partial charge in [0.2, 0.25) is 17.6 Å². The lowest BCUT2D eigenvalue weighted by atomic mass is 9.94. The Hall–Kier alpha value is -4.73. The summed E-state index contributed by atoms with van der Waals surface area (Å²) in [4.78, 5) is 67.5. The molecule has 0 spiro atoms. The second-order valence-electron chi connectivity index (χ2n) is 11.2. The highest BCUT2D eigenvalue weighted by Crippen LogP contribution is 2.31. The molecule has 1 saturated heterocycles. The number of allylic oxidation sites excluding steroid dienone is 1. The van der Waals surface area contributed by atoms with Gasteiger partial charge in [0.25, 0.3) is 5.91 Å². The molecule has 1 aliphatic heterocycles. The molecule has 232 valence electrons. The van der Waals surface area contributed by atoms with Crippen LogP contribution in [0.25, 0.3) is 0 Å². The summed E-state index contributed by atoms with van der Waals surface area (Å²) < 4.78 is 0. The van der Waals surface area contributed by atoms with Gasteiger partial charge in [-0.05, 0) is 61.1 Å². The predicted octanol–water partition coefficient (Wildman–Crippen LogP) is 2.58. The average Bonchev–Trinajstić information content (AvgIpc) is 3.71. The van der Waals surface area contributed by atoms with Crippen LogP contribution in [0.5, 0.6) is 0 Å². The van der Waals surface area contributed by atoms with Crippen LogP contribution < -0.4 is 21.3 Å². The number of nitrogens with one attached hydrogen (secondary N) is 4. The van der Waals surface area contributed by atoms with Gasteiger partial charge >= 0.3 is 6.03 Å². The van der Waals surface area contributed by atoms with E-state index in [1.165, 1.54) is 11.0 Å². The van der Waals surface area contributed by atoms with Gasteiger partial charge in [-0.25, -0.2) is 4.79 Å². The van der Waals surface area contributed by atoms with Crippen LogP contribution >= 0.6 is 0 Å². The summed E-state index contributed by atoms with van der Waals surface area (Å²) in [5.74, 6) is -2.62. The van der Waals surface area contributed by atoms with Crippen molar-refractivity contribution in [3.8, 4) is 0 Å². The maximum absolute atomic E-state index is 14.2. The number of nitrogens with zero attached hydrogens (tertiary/aromatic N) is 1. The molecule has 0 aromatic heterocycles. The minimum atomic E-state index is -1.06. The molecule has 3 atom stereocenters. The maximum Gasteiger partial charge on any atom is 0.315 e. The standard InChI is InChI=1S/C34H41N5O5/c1-3-5-16-27(30(40)32(42)35-18-4-2)37-31(41)28-17-11-19-39(28)33(43)29(26-20-24-14-9-10-15-25(24)21-26)38-34(44)36-22-23-12-7-6-8-13-23/h3-4,6-10,12-15,26-29H,1-2,5,11,16-22H2,(H,35,42)(H,37,41)(H2,36,38,44)/t27?,28-,29-/m0/s1. The third kappa shape index (κ3) is 8.21. The lowest BCUT2D eigenvalue weighted by Gasteiger charge is -2.32. The number of hydrogen-bond donors (Lipinski definition) is 4. The third-order valence-corrected chi connectivity index (χ3v) is 8.16. The van der Waals surface area contributed by atoms with E-state index in [1.807, 2.05) is 54.6 Å². The molecule has 2 aromatic carbocycles. The van der Waals surface area contributed by atoms with Crippen molar-refractivity contribution < 1.29 is 24.0 Å². The van der Waals surface area contributed by atoms with E-state index in [0.29, 0.717) is 45.2 Å². The Labute approximate surface area is 258 Å². The van der Waals surface area contributed by atoms with Crippen molar-refractivity contribution in [2.75, 3.05) is 13.1 Å². The van der Waals surface area contributed by atoms with Gasteiger partial charge in [-0.3, -0.25) is 19.2 Å². The van der Waals surface area contributed by atoms with Gasteiger partial charge in [0, 0.05) is 19.6 Å². The number of carbonyl (C=O) groups is 5. The zero-order valence-electron chi connectivity index (χ0n) is 24.9. The Kier molecular flexibility index (Phi) is 11.5. The Bertz CT molecular complexity index is 1350. The van der Waals surface area contributed by atoms with Crippen LogP contribution in [0.15, 0.2) is 79.9 Å². The fourth-order valence-corrected chi connectivity index (χ4v) is 5.89. The zero-order chi connectivity index (χ0) is 31.5. The van der Waals surface area contributed by atoms with Gasteiger partial charge in [-0.15, -0.1) is 13.2 Å². The Morgan fingerprint density at radius 3 is 2.23 bits per heavy atom.